The Balaban J connectivity index is 1.87. The maximum atomic E-state index is 5.91. The van der Waals surface area contributed by atoms with Crippen LogP contribution in [0.4, 0.5) is 5.82 Å². The van der Waals surface area contributed by atoms with E-state index in [1.165, 1.54) is 11.2 Å². The third-order valence-corrected chi connectivity index (χ3v) is 3.22. The molecule has 0 aliphatic rings. The molecule has 16 heavy (non-hydrogen) atoms. The third-order valence-electron chi connectivity index (χ3n) is 1.97. The van der Waals surface area contributed by atoms with Crippen LogP contribution in [-0.2, 0) is 6.42 Å². The first-order valence-corrected chi connectivity index (χ1v) is 6.06. The zero-order chi connectivity index (χ0) is 11.4. The number of rotatable bonds is 4. The van der Waals surface area contributed by atoms with Gasteiger partial charge >= 0.3 is 0 Å². The summed E-state index contributed by atoms with van der Waals surface area (Å²) in [5.74, 6) is 0.671. The Hall–Kier alpha value is -1.20. The standard InChI is InChI=1S/C10H11ClN4S/c1-7-4-14-9(16-7)2-3-13-10-8(11)5-12-6-15-10/h4-6H,2-3H2,1H3,(H,12,13,15). The molecule has 0 amide bonds. The number of nitrogens with zero attached hydrogens (tertiary/aromatic N) is 3. The van der Waals surface area contributed by atoms with Crippen molar-refractivity contribution in [3.8, 4) is 0 Å². The van der Waals surface area contributed by atoms with Gasteiger partial charge in [-0.15, -0.1) is 11.3 Å². The molecule has 0 aromatic carbocycles. The summed E-state index contributed by atoms with van der Waals surface area (Å²) in [7, 11) is 0. The van der Waals surface area contributed by atoms with Crippen LogP contribution in [-0.4, -0.2) is 21.5 Å². The SMILES string of the molecule is Cc1cnc(CCNc2ncncc2Cl)s1. The van der Waals surface area contributed by atoms with Crippen molar-refractivity contribution >= 4 is 28.8 Å². The molecule has 0 saturated heterocycles. The van der Waals surface area contributed by atoms with E-state index in [-0.39, 0.29) is 0 Å². The summed E-state index contributed by atoms with van der Waals surface area (Å²) in [5, 5.41) is 4.81. The van der Waals surface area contributed by atoms with Gasteiger partial charge in [-0.05, 0) is 6.92 Å². The second kappa shape index (κ2) is 5.23. The van der Waals surface area contributed by atoms with Gasteiger partial charge in [0.2, 0.25) is 0 Å². The molecule has 2 heterocycles. The number of nitrogens with one attached hydrogen (secondary N) is 1. The number of hydrogen-bond donors (Lipinski definition) is 1. The van der Waals surface area contributed by atoms with Gasteiger partial charge in [-0.2, -0.15) is 0 Å². The van der Waals surface area contributed by atoms with Gasteiger partial charge < -0.3 is 5.32 Å². The van der Waals surface area contributed by atoms with Crippen molar-refractivity contribution in [2.45, 2.75) is 13.3 Å². The number of halogens is 1. The van der Waals surface area contributed by atoms with Crippen molar-refractivity contribution in [3.05, 3.63) is 33.6 Å². The largest absolute Gasteiger partial charge is 0.368 e. The van der Waals surface area contributed by atoms with Gasteiger partial charge in [-0.1, -0.05) is 11.6 Å². The van der Waals surface area contributed by atoms with Gasteiger partial charge in [0, 0.05) is 24.0 Å². The summed E-state index contributed by atoms with van der Waals surface area (Å²) in [6, 6.07) is 0. The Kier molecular flexibility index (Phi) is 3.69. The minimum Gasteiger partial charge on any atom is -0.368 e. The van der Waals surface area contributed by atoms with Crippen LogP contribution < -0.4 is 5.32 Å². The molecule has 6 heteroatoms. The van der Waals surface area contributed by atoms with Crippen LogP contribution in [0.15, 0.2) is 18.7 Å². The van der Waals surface area contributed by atoms with Crippen LogP contribution in [0.25, 0.3) is 0 Å². The van der Waals surface area contributed by atoms with Crippen molar-refractivity contribution in [2.75, 3.05) is 11.9 Å². The van der Waals surface area contributed by atoms with Gasteiger partial charge in [-0.3, -0.25) is 0 Å². The zero-order valence-corrected chi connectivity index (χ0v) is 10.3. The highest BCUT2D eigenvalue weighted by atomic mass is 35.5. The van der Waals surface area contributed by atoms with Gasteiger partial charge in [0.05, 0.1) is 11.2 Å². The van der Waals surface area contributed by atoms with Crippen molar-refractivity contribution in [1.29, 1.82) is 0 Å². The second-order valence-corrected chi connectivity index (χ2v) is 4.99. The molecule has 84 valence electrons. The molecule has 0 unspecified atom stereocenters. The number of anilines is 1. The normalized spacial score (nSPS) is 10.4. The van der Waals surface area contributed by atoms with Gasteiger partial charge in [0.1, 0.15) is 17.2 Å². The molecule has 0 radical (unpaired) electrons. The van der Waals surface area contributed by atoms with Crippen LogP contribution in [0.5, 0.6) is 0 Å². The van der Waals surface area contributed by atoms with Crippen molar-refractivity contribution in [2.24, 2.45) is 0 Å². The predicted molar refractivity (Wildman–Crippen MR) is 66.1 cm³/mol. The number of hydrogen-bond acceptors (Lipinski definition) is 5. The fourth-order valence-corrected chi connectivity index (χ4v) is 2.21. The highest BCUT2D eigenvalue weighted by Gasteiger charge is 2.01. The lowest BCUT2D eigenvalue weighted by Gasteiger charge is -2.04. The number of thiazole rings is 1. The fraction of sp³-hybridized carbons (Fsp3) is 0.300. The zero-order valence-electron chi connectivity index (χ0n) is 8.77. The van der Waals surface area contributed by atoms with E-state index in [1.807, 2.05) is 6.20 Å². The molecule has 0 aliphatic heterocycles. The first-order chi connectivity index (χ1) is 7.75. The molecule has 2 aromatic heterocycles. The average Bonchev–Trinajstić information content (AvgIpc) is 2.67. The molecular formula is C10H11ClN4S. The monoisotopic (exact) mass is 254 g/mol. The Morgan fingerprint density at radius 1 is 1.38 bits per heavy atom. The van der Waals surface area contributed by atoms with E-state index in [2.05, 4.69) is 27.2 Å². The van der Waals surface area contributed by atoms with E-state index in [1.54, 1.807) is 17.5 Å². The Morgan fingerprint density at radius 3 is 2.94 bits per heavy atom. The first kappa shape index (κ1) is 11.3. The minimum absolute atomic E-state index is 0.540. The molecule has 0 fully saturated rings. The quantitative estimate of drug-likeness (QED) is 0.911. The predicted octanol–water partition coefficient (Wildman–Crippen LogP) is 2.55. The van der Waals surface area contributed by atoms with E-state index >= 15 is 0 Å². The lowest BCUT2D eigenvalue weighted by molar-refractivity contribution is 0.982. The highest BCUT2D eigenvalue weighted by molar-refractivity contribution is 7.11. The molecule has 0 atom stereocenters. The molecule has 0 spiro atoms. The lowest BCUT2D eigenvalue weighted by Crippen LogP contribution is -2.06. The van der Waals surface area contributed by atoms with Crippen LogP contribution >= 0.6 is 22.9 Å². The lowest BCUT2D eigenvalue weighted by atomic mass is 10.4. The minimum atomic E-state index is 0.540. The average molecular weight is 255 g/mol. The molecule has 0 bridgehead atoms. The maximum Gasteiger partial charge on any atom is 0.148 e. The van der Waals surface area contributed by atoms with Crippen molar-refractivity contribution < 1.29 is 0 Å². The Labute approximate surface area is 103 Å². The number of aromatic nitrogens is 3. The summed E-state index contributed by atoms with van der Waals surface area (Å²) in [6.07, 6.45) is 5.81. The molecular weight excluding hydrogens is 244 g/mol. The summed E-state index contributed by atoms with van der Waals surface area (Å²) in [4.78, 5) is 13.4. The Bertz CT molecular complexity index is 471. The summed E-state index contributed by atoms with van der Waals surface area (Å²) in [5.41, 5.74) is 0. The molecule has 4 nitrogen and oxygen atoms in total. The van der Waals surface area contributed by atoms with Crippen LogP contribution in [0.1, 0.15) is 9.88 Å². The van der Waals surface area contributed by atoms with E-state index in [0.29, 0.717) is 10.8 Å². The van der Waals surface area contributed by atoms with Gasteiger partial charge in [0.25, 0.3) is 0 Å². The summed E-state index contributed by atoms with van der Waals surface area (Å²) >= 11 is 7.62. The van der Waals surface area contributed by atoms with Gasteiger partial charge in [-0.25, -0.2) is 15.0 Å². The first-order valence-electron chi connectivity index (χ1n) is 4.86. The Morgan fingerprint density at radius 2 is 2.25 bits per heavy atom. The van der Waals surface area contributed by atoms with Gasteiger partial charge in [0.15, 0.2) is 0 Å². The van der Waals surface area contributed by atoms with Crippen LogP contribution in [0.3, 0.4) is 0 Å². The fourth-order valence-electron chi connectivity index (χ4n) is 1.25. The highest BCUT2D eigenvalue weighted by Crippen LogP contribution is 2.16. The molecule has 1 N–H and O–H groups in total. The summed E-state index contributed by atoms with van der Waals surface area (Å²) in [6.45, 7) is 2.82. The maximum absolute atomic E-state index is 5.91. The molecule has 2 rings (SSSR count). The van der Waals surface area contributed by atoms with E-state index in [4.69, 9.17) is 11.6 Å². The van der Waals surface area contributed by atoms with E-state index in [9.17, 15) is 0 Å². The van der Waals surface area contributed by atoms with Crippen LogP contribution in [0.2, 0.25) is 5.02 Å². The molecule has 2 aromatic rings. The van der Waals surface area contributed by atoms with Crippen molar-refractivity contribution in [1.82, 2.24) is 15.0 Å². The number of aryl methyl sites for hydroxylation is 1. The third kappa shape index (κ3) is 2.90. The molecule has 0 aliphatic carbocycles. The van der Waals surface area contributed by atoms with Crippen molar-refractivity contribution in [3.63, 3.8) is 0 Å². The summed E-state index contributed by atoms with van der Waals surface area (Å²) < 4.78 is 0. The van der Waals surface area contributed by atoms with E-state index < -0.39 is 0 Å². The smallest absolute Gasteiger partial charge is 0.148 e. The second-order valence-electron chi connectivity index (χ2n) is 3.26. The van der Waals surface area contributed by atoms with E-state index in [0.717, 1.165) is 18.0 Å². The topological polar surface area (TPSA) is 50.7 Å². The van der Waals surface area contributed by atoms with Crippen LogP contribution in [0, 0.1) is 6.92 Å². The molecule has 0 saturated carbocycles.